The number of nitrogens with zero attached hydrogens (tertiary/aromatic N) is 5. The topological polar surface area (TPSA) is 148 Å². The summed E-state index contributed by atoms with van der Waals surface area (Å²) in [5.41, 5.74) is 0.601. The fourth-order valence-electron chi connectivity index (χ4n) is 6.11. The molecule has 16 heteroatoms. The second kappa shape index (κ2) is 14.1. The average Bonchev–Trinajstić information content (AvgIpc) is 3.46. The Bertz CT molecular complexity index is 2010. The first-order valence-electron chi connectivity index (χ1n) is 15.8. The molecule has 2 aliphatic heterocycles. The number of cyclic esters (lactones) is 1. The van der Waals surface area contributed by atoms with Crippen LogP contribution in [0.4, 0.5) is 25.4 Å². The van der Waals surface area contributed by atoms with E-state index in [9.17, 15) is 23.6 Å². The average molecular weight is 712 g/mol. The molecule has 0 aliphatic carbocycles. The molecule has 2 aliphatic rings. The van der Waals surface area contributed by atoms with Gasteiger partial charge in [-0.3, -0.25) is 14.5 Å². The van der Waals surface area contributed by atoms with Gasteiger partial charge in [-0.15, -0.1) is 0 Å². The number of amides is 4. The van der Waals surface area contributed by atoms with Crippen LogP contribution >= 0.6 is 11.6 Å². The van der Waals surface area contributed by atoms with Gasteiger partial charge in [0.2, 0.25) is 5.91 Å². The fourth-order valence-corrected chi connectivity index (χ4v) is 6.28. The van der Waals surface area contributed by atoms with E-state index in [1.165, 1.54) is 54.1 Å². The summed E-state index contributed by atoms with van der Waals surface area (Å²) in [7, 11) is 2.96. The Balaban J connectivity index is 0.00000302. The van der Waals surface area contributed by atoms with Crippen molar-refractivity contribution >= 4 is 51.9 Å². The lowest BCUT2D eigenvalue weighted by Gasteiger charge is -2.39. The zero-order valence-corrected chi connectivity index (χ0v) is 28.4. The van der Waals surface area contributed by atoms with Crippen LogP contribution in [0.3, 0.4) is 0 Å². The predicted octanol–water partition coefficient (Wildman–Crippen LogP) is 4.78. The standard InChI is InChI=1S/C34H35ClFN7O7.2H2/c1-19(42(27-12-10-24(48-3)18-28(27)49-4)33(46)37-23-8-6-22(36)7-9-23)30-38-26-11-5-21(35)17-25(26)31(44)43(30)41-15-13-40(14-16-41)32(45)29-20(2)50-34(47)39-29;;/h5-12,17-20,29H,13-16H2,1-4H3,(H,37,46)(H,39,47);2*1H/t19?,20-,29+;;/m1../s1. The first kappa shape index (κ1) is 34.3. The number of nitrogens with one attached hydrogen (secondary N) is 2. The number of urea groups is 1. The van der Waals surface area contributed by atoms with Gasteiger partial charge in [0.25, 0.3) is 5.56 Å². The van der Waals surface area contributed by atoms with Crippen molar-refractivity contribution in [2.24, 2.45) is 0 Å². The second-order valence-corrected chi connectivity index (χ2v) is 12.2. The number of hydrogen-bond donors (Lipinski definition) is 2. The third kappa shape index (κ3) is 6.68. The Morgan fingerprint density at radius 1 is 1.06 bits per heavy atom. The SMILES string of the molecule is COc1ccc(N(C(=O)Nc2ccc(F)cc2)C(C)c2nc3ccc(Cl)cc3c(=O)n2N2CCN(C(=O)[C@H]3NC(=O)O[C@@H]3C)CC2)c(OC)c1.[HH].[HH]. The molecule has 0 saturated carbocycles. The largest absolute Gasteiger partial charge is 0.497 e. The molecule has 2 saturated heterocycles. The number of ether oxygens (including phenoxy) is 3. The lowest BCUT2D eigenvalue weighted by atomic mass is 10.1. The van der Waals surface area contributed by atoms with E-state index in [-0.39, 0.29) is 46.2 Å². The number of alkyl carbamates (subject to hydrolysis) is 1. The van der Waals surface area contributed by atoms with Gasteiger partial charge >= 0.3 is 12.1 Å². The number of halogens is 2. The smallest absolute Gasteiger partial charge is 0.408 e. The van der Waals surface area contributed by atoms with E-state index in [0.717, 1.165) is 0 Å². The number of piperazine rings is 1. The van der Waals surface area contributed by atoms with Gasteiger partial charge in [-0.05, 0) is 68.4 Å². The maximum Gasteiger partial charge on any atom is 0.408 e. The second-order valence-electron chi connectivity index (χ2n) is 11.8. The first-order valence-corrected chi connectivity index (χ1v) is 16.2. The van der Waals surface area contributed by atoms with E-state index in [4.69, 9.17) is 30.8 Å². The summed E-state index contributed by atoms with van der Waals surface area (Å²) < 4.78 is 31.3. The molecule has 4 amide bonds. The predicted molar refractivity (Wildman–Crippen MR) is 188 cm³/mol. The summed E-state index contributed by atoms with van der Waals surface area (Å²) in [5.74, 6) is 0.244. The van der Waals surface area contributed by atoms with Gasteiger partial charge in [0, 0.05) is 32.7 Å². The molecule has 3 atom stereocenters. The van der Waals surface area contributed by atoms with Crippen LogP contribution in [0, 0.1) is 5.82 Å². The molecule has 6 rings (SSSR count). The van der Waals surface area contributed by atoms with Crippen LogP contribution in [-0.4, -0.2) is 85.1 Å². The molecule has 3 aromatic carbocycles. The summed E-state index contributed by atoms with van der Waals surface area (Å²) >= 11 is 6.30. The summed E-state index contributed by atoms with van der Waals surface area (Å²) in [5, 5.41) is 7.73. The quantitative estimate of drug-likeness (QED) is 0.264. The zero-order chi connectivity index (χ0) is 35.7. The van der Waals surface area contributed by atoms with Gasteiger partial charge in [-0.1, -0.05) is 11.6 Å². The van der Waals surface area contributed by atoms with Crippen LogP contribution < -0.4 is 35.6 Å². The Morgan fingerprint density at radius 3 is 2.42 bits per heavy atom. The van der Waals surface area contributed by atoms with E-state index in [0.29, 0.717) is 33.4 Å². The normalized spacial score (nSPS) is 17.9. The highest BCUT2D eigenvalue weighted by atomic mass is 35.5. The van der Waals surface area contributed by atoms with Gasteiger partial charge in [0.05, 0.1) is 49.9 Å². The summed E-state index contributed by atoms with van der Waals surface area (Å²) in [6.07, 6.45) is -1.28. The van der Waals surface area contributed by atoms with Crippen molar-refractivity contribution in [3.05, 3.63) is 87.7 Å². The minimum absolute atomic E-state index is 0. The van der Waals surface area contributed by atoms with Crippen molar-refractivity contribution in [3.8, 4) is 11.5 Å². The molecule has 1 unspecified atom stereocenters. The van der Waals surface area contributed by atoms with Crippen molar-refractivity contribution in [1.29, 1.82) is 0 Å². The number of rotatable bonds is 8. The molecular formula is C34H39ClFN7O7. The molecule has 3 heterocycles. The lowest BCUT2D eigenvalue weighted by molar-refractivity contribution is -0.134. The van der Waals surface area contributed by atoms with Crippen molar-refractivity contribution in [2.45, 2.75) is 32.0 Å². The Morgan fingerprint density at radius 2 is 1.78 bits per heavy atom. The maximum atomic E-state index is 14.3. The minimum atomic E-state index is -0.920. The van der Waals surface area contributed by atoms with E-state index in [2.05, 4.69) is 10.6 Å². The molecule has 4 aromatic rings. The van der Waals surface area contributed by atoms with Crippen molar-refractivity contribution < 1.29 is 35.8 Å². The molecule has 266 valence electrons. The number of benzene rings is 3. The molecule has 50 heavy (non-hydrogen) atoms. The monoisotopic (exact) mass is 711 g/mol. The summed E-state index contributed by atoms with van der Waals surface area (Å²) in [4.78, 5) is 61.5. The number of fused-ring (bicyclic) bond motifs is 1. The number of carbonyl (C=O) groups is 3. The van der Waals surface area contributed by atoms with Crippen LogP contribution in [0.25, 0.3) is 10.9 Å². The molecule has 2 N–H and O–H groups in total. The molecule has 0 radical (unpaired) electrons. The third-order valence-electron chi connectivity index (χ3n) is 8.71. The molecule has 14 nitrogen and oxygen atoms in total. The van der Waals surface area contributed by atoms with Gasteiger partial charge in [-0.2, -0.15) is 0 Å². The Labute approximate surface area is 294 Å². The van der Waals surface area contributed by atoms with Crippen molar-refractivity contribution in [2.75, 3.05) is 55.6 Å². The minimum Gasteiger partial charge on any atom is -0.497 e. The Hall–Kier alpha value is -5.57. The third-order valence-corrected chi connectivity index (χ3v) is 8.94. The van der Waals surface area contributed by atoms with E-state index in [1.54, 1.807) is 54.1 Å². The molecule has 0 spiro atoms. The summed E-state index contributed by atoms with van der Waals surface area (Å²) in [6, 6.07) is 12.7. The van der Waals surface area contributed by atoms with Crippen molar-refractivity contribution in [3.63, 3.8) is 0 Å². The van der Waals surface area contributed by atoms with Crippen LogP contribution in [-0.2, 0) is 9.53 Å². The van der Waals surface area contributed by atoms with Crippen LogP contribution in [0.15, 0.2) is 65.5 Å². The molecule has 2 fully saturated rings. The number of carbonyl (C=O) groups excluding carboxylic acids is 3. The number of anilines is 2. The molecule has 1 aromatic heterocycles. The highest BCUT2D eigenvalue weighted by Crippen LogP contribution is 2.37. The highest BCUT2D eigenvalue weighted by Gasteiger charge is 2.40. The van der Waals surface area contributed by atoms with Crippen molar-refractivity contribution in [1.82, 2.24) is 19.9 Å². The first-order chi connectivity index (χ1) is 24.0. The van der Waals surface area contributed by atoms with Gasteiger partial charge < -0.3 is 34.8 Å². The zero-order valence-electron chi connectivity index (χ0n) is 27.7. The summed E-state index contributed by atoms with van der Waals surface area (Å²) in [6.45, 7) is 4.27. The van der Waals surface area contributed by atoms with Gasteiger partial charge in [0.1, 0.15) is 29.5 Å². The molecular weight excluding hydrogens is 673 g/mol. The van der Waals surface area contributed by atoms with E-state index < -0.39 is 41.7 Å². The van der Waals surface area contributed by atoms with E-state index >= 15 is 0 Å². The van der Waals surface area contributed by atoms with Gasteiger partial charge in [-0.25, -0.2) is 23.6 Å². The number of hydrogen-bond acceptors (Lipinski definition) is 9. The van der Waals surface area contributed by atoms with Crippen LogP contribution in [0.5, 0.6) is 11.5 Å². The maximum absolute atomic E-state index is 14.3. The van der Waals surface area contributed by atoms with E-state index in [1.807, 2.05) is 0 Å². The number of aromatic nitrogens is 2. The highest BCUT2D eigenvalue weighted by molar-refractivity contribution is 6.31. The molecule has 0 bridgehead atoms. The lowest BCUT2D eigenvalue weighted by Crippen LogP contribution is -2.59. The number of methoxy groups -OCH3 is 2. The van der Waals surface area contributed by atoms with Crippen LogP contribution in [0.2, 0.25) is 5.02 Å². The van der Waals surface area contributed by atoms with Crippen LogP contribution in [0.1, 0.15) is 28.6 Å². The van der Waals surface area contributed by atoms with Gasteiger partial charge in [0.15, 0.2) is 5.82 Å². The Kier molecular flexibility index (Phi) is 9.68. The fraction of sp³-hybridized carbons (Fsp3) is 0.324.